The largest absolute Gasteiger partial charge is 0.394 e. The number of carbonyl (C=O) groups is 1. The highest BCUT2D eigenvalue weighted by molar-refractivity contribution is 5.76. The molecule has 0 aromatic heterocycles. The van der Waals surface area contributed by atoms with E-state index in [9.17, 15) is 30.3 Å². The topological polar surface area (TPSA) is 149 Å². The Labute approximate surface area is 319 Å². The molecular weight excluding hydrogens is 658 g/mol. The van der Waals surface area contributed by atoms with E-state index in [0.29, 0.717) is 12.8 Å². The lowest BCUT2D eigenvalue weighted by Gasteiger charge is -2.40. The van der Waals surface area contributed by atoms with Crippen LogP contribution in [-0.2, 0) is 14.3 Å². The molecule has 1 rings (SSSR count). The molecule has 9 nitrogen and oxygen atoms in total. The molecule has 1 saturated heterocycles. The van der Waals surface area contributed by atoms with Crippen molar-refractivity contribution in [2.45, 2.75) is 256 Å². The number of hydrogen-bond donors (Lipinski definition) is 6. The third-order valence-electron chi connectivity index (χ3n) is 11.0. The minimum atomic E-state index is -1.55. The minimum absolute atomic E-state index is 0.132. The quantitative estimate of drug-likeness (QED) is 0.0346. The molecule has 1 aliphatic rings. The smallest absolute Gasteiger partial charge is 0.220 e. The van der Waals surface area contributed by atoms with Gasteiger partial charge in [0, 0.05) is 6.42 Å². The number of rotatable bonds is 37. The lowest BCUT2D eigenvalue weighted by molar-refractivity contribution is -0.302. The van der Waals surface area contributed by atoms with Crippen LogP contribution >= 0.6 is 0 Å². The fraction of sp³-hybridized carbons (Fsp3) is 0.977. The molecular formula is C43H85NO8. The summed E-state index contributed by atoms with van der Waals surface area (Å²) < 4.78 is 11.2. The number of nitrogens with one attached hydrogen (secondary N) is 1. The van der Waals surface area contributed by atoms with Crippen LogP contribution in [0.3, 0.4) is 0 Å². The van der Waals surface area contributed by atoms with Gasteiger partial charge in [-0.2, -0.15) is 0 Å². The van der Waals surface area contributed by atoms with Gasteiger partial charge in [-0.1, -0.05) is 194 Å². The van der Waals surface area contributed by atoms with E-state index in [2.05, 4.69) is 19.2 Å². The van der Waals surface area contributed by atoms with E-state index in [1.807, 2.05) is 0 Å². The highest BCUT2D eigenvalue weighted by Crippen LogP contribution is 2.23. The molecule has 0 aromatic rings. The van der Waals surface area contributed by atoms with Crippen LogP contribution in [0.1, 0.15) is 213 Å². The first kappa shape index (κ1) is 49.2. The zero-order valence-corrected chi connectivity index (χ0v) is 33.8. The van der Waals surface area contributed by atoms with Gasteiger partial charge >= 0.3 is 0 Å². The number of hydrogen-bond acceptors (Lipinski definition) is 8. The summed E-state index contributed by atoms with van der Waals surface area (Å²) in [5, 5.41) is 54.3. The average Bonchev–Trinajstić information content (AvgIpc) is 3.14. The number of amides is 1. The van der Waals surface area contributed by atoms with Crippen LogP contribution in [0.15, 0.2) is 0 Å². The van der Waals surface area contributed by atoms with Gasteiger partial charge in [-0.15, -0.1) is 0 Å². The third kappa shape index (κ3) is 25.3. The van der Waals surface area contributed by atoms with Gasteiger partial charge in [0.1, 0.15) is 24.4 Å². The second-order valence-corrected chi connectivity index (χ2v) is 15.9. The maximum atomic E-state index is 12.9. The minimum Gasteiger partial charge on any atom is -0.394 e. The van der Waals surface area contributed by atoms with Crippen LogP contribution in [0.2, 0.25) is 0 Å². The van der Waals surface area contributed by atoms with Crippen LogP contribution in [0.4, 0.5) is 0 Å². The maximum Gasteiger partial charge on any atom is 0.220 e. The third-order valence-corrected chi connectivity index (χ3v) is 11.0. The van der Waals surface area contributed by atoms with Crippen LogP contribution in [-0.4, -0.2) is 87.5 Å². The summed E-state index contributed by atoms with van der Waals surface area (Å²) in [6.07, 6.45) is 29.6. The Balaban J connectivity index is 2.34. The predicted molar refractivity (Wildman–Crippen MR) is 212 cm³/mol. The van der Waals surface area contributed by atoms with Crippen molar-refractivity contribution in [2.24, 2.45) is 0 Å². The molecule has 0 spiro atoms. The molecule has 0 aliphatic carbocycles. The maximum absolute atomic E-state index is 12.9. The number of carbonyl (C=O) groups excluding carboxylic acids is 1. The van der Waals surface area contributed by atoms with E-state index >= 15 is 0 Å². The number of unbranched alkanes of at least 4 members (excludes halogenated alkanes) is 27. The molecule has 1 aliphatic heterocycles. The van der Waals surface area contributed by atoms with Gasteiger partial charge in [0.2, 0.25) is 5.91 Å². The second-order valence-electron chi connectivity index (χ2n) is 15.9. The lowest BCUT2D eigenvalue weighted by Crippen LogP contribution is -2.60. The van der Waals surface area contributed by atoms with Crippen LogP contribution in [0.5, 0.6) is 0 Å². The van der Waals surface area contributed by atoms with E-state index in [4.69, 9.17) is 9.47 Å². The van der Waals surface area contributed by atoms with Crippen molar-refractivity contribution in [1.29, 1.82) is 0 Å². The first-order valence-corrected chi connectivity index (χ1v) is 22.2. The van der Waals surface area contributed by atoms with Crippen molar-refractivity contribution in [2.75, 3.05) is 13.2 Å². The molecule has 52 heavy (non-hydrogen) atoms. The van der Waals surface area contributed by atoms with Gasteiger partial charge in [-0.25, -0.2) is 0 Å². The standard InChI is InChI=1S/C43H85NO8/c1-3-5-7-9-11-13-15-17-19-20-22-24-26-28-30-32-37(46)36(35-51-43-42(50)41(49)40(48)38(34-45)52-43)44-39(47)33-31-29-27-25-23-21-18-16-14-12-10-8-6-4-2/h36-38,40-43,45-46,48-50H,3-35H2,1-2H3,(H,44,47). The zero-order valence-electron chi connectivity index (χ0n) is 33.8. The highest BCUT2D eigenvalue weighted by atomic mass is 16.7. The monoisotopic (exact) mass is 744 g/mol. The molecule has 0 saturated carbocycles. The summed E-state index contributed by atoms with van der Waals surface area (Å²) in [5.41, 5.74) is 0. The van der Waals surface area contributed by atoms with Crippen molar-refractivity contribution < 1.29 is 39.8 Å². The van der Waals surface area contributed by atoms with Gasteiger partial charge in [-0.05, 0) is 12.8 Å². The summed E-state index contributed by atoms with van der Waals surface area (Å²) in [4.78, 5) is 12.9. The average molecular weight is 744 g/mol. The summed E-state index contributed by atoms with van der Waals surface area (Å²) >= 11 is 0. The highest BCUT2D eigenvalue weighted by Gasteiger charge is 2.44. The Morgan fingerprint density at radius 1 is 0.577 bits per heavy atom. The lowest BCUT2D eigenvalue weighted by atomic mass is 9.99. The zero-order chi connectivity index (χ0) is 38.1. The molecule has 9 heteroatoms. The molecule has 6 N–H and O–H groups in total. The van der Waals surface area contributed by atoms with Gasteiger partial charge in [-0.3, -0.25) is 4.79 Å². The SMILES string of the molecule is CCCCCCCCCCCCCCCCCC(O)C(COC1OC(CO)C(O)C(O)C1O)NC(=O)CCCCCCCCCCCCCCCC. The van der Waals surface area contributed by atoms with Gasteiger partial charge < -0.3 is 40.3 Å². The van der Waals surface area contributed by atoms with Crippen LogP contribution in [0.25, 0.3) is 0 Å². The first-order valence-electron chi connectivity index (χ1n) is 22.2. The van der Waals surface area contributed by atoms with Crippen molar-refractivity contribution >= 4 is 5.91 Å². The summed E-state index contributed by atoms with van der Waals surface area (Å²) in [5.74, 6) is -0.142. The van der Waals surface area contributed by atoms with Gasteiger partial charge in [0.05, 0.1) is 25.4 Å². The van der Waals surface area contributed by atoms with E-state index in [1.165, 1.54) is 148 Å². The Hall–Kier alpha value is -0.810. The number of ether oxygens (including phenoxy) is 2. The van der Waals surface area contributed by atoms with Crippen LogP contribution < -0.4 is 5.32 Å². The van der Waals surface area contributed by atoms with E-state index in [1.54, 1.807) is 0 Å². The van der Waals surface area contributed by atoms with E-state index < -0.39 is 49.5 Å². The van der Waals surface area contributed by atoms with E-state index in [-0.39, 0.29) is 12.5 Å². The summed E-state index contributed by atoms with van der Waals surface area (Å²) in [6, 6.07) is -0.710. The van der Waals surface area contributed by atoms with E-state index in [0.717, 1.165) is 38.5 Å². The Morgan fingerprint density at radius 2 is 0.962 bits per heavy atom. The molecule has 1 heterocycles. The first-order chi connectivity index (χ1) is 25.3. The Bertz CT molecular complexity index is 786. The second kappa shape index (κ2) is 34.7. The Kier molecular flexibility index (Phi) is 32.8. The van der Waals surface area contributed by atoms with Crippen molar-refractivity contribution in [3.05, 3.63) is 0 Å². The predicted octanol–water partition coefficient (Wildman–Crippen LogP) is 8.78. The van der Waals surface area contributed by atoms with Crippen molar-refractivity contribution in [1.82, 2.24) is 5.32 Å². The summed E-state index contributed by atoms with van der Waals surface area (Å²) in [7, 11) is 0. The fourth-order valence-electron chi connectivity index (χ4n) is 7.34. The summed E-state index contributed by atoms with van der Waals surface area (Å²) in [6.45, 7) is 3.84. The number of aliphatic hydroxyl groups is 5. The molecule has 7 atom stereocenters. The normalized spacial score (nSPS) is 21.7. The molecule has 7 unspecified atom stereocenters. The molecule has 1 fully saturated rings. The molecule has 310 valence electrons. The molecule has 0 radical (unpaired) electrons. The fourth-order valence-corrected chi connectivity index (χ4v) is 7.34. The van der Waals surface area contributed by atoms with Gasteiger partial charge in [0.25, 0.3) is 0 Å². The van der Waals surface area contributed by atoms with Crippen molar-refractivity contribution in [3.8, 4) is 0 Å². The Morgan fingerprint density at radius 3 is 1.37 bits per heavy atom. The van der Waals surface area contributed by atoms with Gasteiger partial charge in [0.15, 0.2) is 6.29 Å². The molecule has 0 bridgehead atoms. The van der Waals surface area contributed by atoms with Crippen LogP contribution in [0, 0.1) is 0 Å². The molecule has 0 aromatic carbocycles. The van der Waals surface area contributed by atoms with Crippen molar-refractivity contribution in [3.63, 3.8) is 0 Å². The number of aliphatic hydroxyl groups excluding tert-OH is 5. The molecule has 1 amide bonds.